The van der Waals surface area contributed by atoms with E-state index in [9.17, 15) is 13.6 Å². The van der Waals surface area contributed by atoms with Crippen LogP contribution in [0, 0.1) is 18.2 Å². The quantitative estimate of drug-likeness (QED) is 0.375. The van der Waals surface area contributed by atoms with Gasteiger partial charge in [0.05, 0.1) is 19.7 Å². The summed E-state index contributed by atoms with van der Waals surface area (Å²) in [7, 11) is 1.40. The molecule has 0 aliphatic heterocycles. The SMILES string of the molecule is [C-]#[N+]c1ccc(-c2cn(C3CCC(NC(=O)OC(C)(C)C)CC3)nc2-c2ccc(OC)c(F)c2)cc1F. The topological polar surface area (TPSA) is 69.7 Å². The van der Waals surface area contributed by atoms with Gasteiger partial charge in [-0.05, 0) is 76.3 Å². The van der Waals surface area contributed by atoms with Gasteiger partial charge in [-0.15, -0.1) is 0 Å². The van der Waals surface area contributed by atoms with Gasteiger partial charge in [-0.1, -0.05) is 12.1 Å². The predicted molar refractivity (Wildman–Crippen MR) is 136 cm³/mol. The molecule has 1 amide bonds. The highest BCUT2D eigenvalue weighted by atomic mass is 19.1. The molecule has 0 radical (unpaired) electrons. The molecule has 0 atom stereocenters. The lowest BCUT2D eigenvalue weighted by Gasteiger charge is -2.30. The largest absolute Gasteiger partial charge is 0.494 e. The number of methoxy groups -OCH3 is 1. The molecule has 0 bridgehead atoms. The summed E-state index contributed by atoms with van der Waals surface area (Å²) < 4.78 is 41.3. The summed E-state index contributed by atoms with van der Waals surface area (Å²) in [4.78, 5) is 15.3. The van der Waals surface area contributed by atoms with Crippen molar-refractivity contribution in [3.63, 3.8) is 0 Å². The number of carbonyl (C=O) groups excluding carboxylic acids is 1. The van der Waals surface area contributed by atoms with E-state index in [0.29, 0.717) is 22.4 Å². The van der Waals surface area contributed by atoms with Crippen molar-refractivity contribution in [3.05, 3.63) is 65.6 Å². The molecule has 2 aromatic carbocycles. The average molecular weight is 509 g/mol. The van der Waals surface area contributed by atoms with Gasteiger partial charge in [0.25, 0.3) is 0 Å². The number of benzene rings is 2. The predicted octanol–water partition coefficient (Wildman–Crippen LogP) is 7.06. The van der Waals surface area contributed by atoms with Crippen LogP contribution in [-0.4, -0.2) is 34.6 Å². The molecule has 3 aromatic rings. The summed E-state index contributed by atoms with van der Waals surface area (Å²) in [6, 6.07) is 9.06. The van der Waals surface area contributed by atoms with Crippen LogP contribution < -0.4 is 10.1 Å². The number of alkyl carbamates (subject to hydrolysis) is 1. The summed E-state index contributed by atoms with van der Waals surface area (Å²) >= 11 is 0. The van der Waals surface area contributed by atoms with Crippen LogP contribution in [0.4, 0.5) is 19.3 Å². The van der Waals surface area contributed by atoms with Crippen LogP contribution in [0.1, 0.15) is 52.5 Å². The van der Waals surface area contributed by atoms with Crippen LogP contribution in [0.25, 0.3) is 27.2 Å². The lowest BCUT2D eigenvalue weighted by molar-refractivity contribution is 0.0487. The third-order valence-electron chi connectivity index (χ3n) is 6.33. The van der Waals surface area contributed by atoms with Crippen molar-refractivity contribution in [3.8, 4) is 28.1 Å². The van der Waals surface area contributed by atoms with Crippen molar-refractivity contribution >= 4 is 11.8 Å². The Labute approximate surface area is 215 Å². The molecule has 37 heavy (non-hydrogen) atoms. The Morgan fingerprint density at radius 1 is 1.08 bits per heavy atom. The van der Waals surface area contributed by atoms with E-state index in [0.717, 1.165) is 25.7 Å². The van der Waals surface area contributed by atoms with Gasteiger partial charge in [0, 0.05) is 23.4 Å². The first-order valence-corrected chi connectivity index (χ1v) is 12.2. The van der Waals surface area contributed by atoms with E-state index in [2.05, 4.69) is 10.2 Å². The molecule has 0 unspecified atom stereocenters. The zero-order valence-electron chi connectivity index (χ0n) is 21.3. The molecule has 1 N–H and O–H groups in total. The van der Waals surface area contributed by atoms with E-state index in [1.165, 1.54) is 31.4 Å². The lowest BCUT2D eigenvalue weighted by atomic mass is 9.91. The summed E-state index contributed by atoms with van der Waals surface area (Å²) in [6.45, 7) is 12.6. The molecule has 1 aliphatic rings. The van der Waals surface area contributed by atoms with E-state index in [4.69, 9.17) is 21.1 Å². The van der Waals surface area contributed by atoms with Crippen LogP contribution in [-0.2, 0) is 4.74 Å². The van der Waals surface area contributed by atoms with Gasteiger partial charge in [0.15, 0.2) is 11.6 Å². The minimum atomic E-state index is -0.624. The first-order chi connectivity index (χ1) is 17.6. The third kappa shape index (κ3) is 6.08. The molecule has 7 nitrogen and oxygen atoms in total. The molecule has 1 saturated carbocycles. The van der Waals surface area contributed by atoms with Gasteiger partial charge in [0.1, 0.15) is 17.1 Å². The molecular formula is C28H30F2N4O3. The minimum Gasteiger partial charge on any atom is -0.494 e. The molecule has 1 aromatic heterocycles. The molecule has 4 rings (SSSR count). The second-order valence-corrected chi connectivity index (χ2v) is 10.2. The highest BCUT2D eigenvalue weighted by molar-refractivity contribution is 5.81. The number of rotatable bonds is 5. The first-order valence-electron chi connectivity index (χ1n) is 12.2. The molecule has 1 aliphatic carbocycles. The van der Waals surface area contributed by atoms with Crippen molar-refractivity contribution in [2.75, 3.05) is 7.11 Å². The molecule has 9 heteroatoms. The van der Waals surface area contributed by atoms with Crippen molar-refractivity contribution in [1.29, 1.82) is 0 Å². The maximum atomic E-state index is 14.5. The smallest absolute Gasteiger partial charge is 0.407 e. The fourth-order valence-electron chi connectivity index (χ4n) is 4.54. The summed E-state index contributed by atoms with van der Waals surface area (Å²) in [5.41, 5.74) is 1.59. The molecule has 0 spiro atoms. The monoisotopic (exact) mass is 508 g/mol. The van der Waals surface area contributed by atoms with Gasteiger partial charge in [-0.25, -0.2) is 18.4 Å². The second-order valence-electron chi connectivity index (χ2n) is 10.2. The van der Waals surface area contributed by atoms with E-state index in [1.54, 1.807) is 12.1 Å². The Morgan fingerprint density at radius 2 is 1.76 bits per heavy atom. The van der Waals surface area contributed by atoms with Gasteiger partial charge >= 0.3 is 6.09 Å². The van der Waals surface area contributed by atoms with Crippen LogP contribution in [0.5, 0.6) is 5.75 Å². The fraction of sp³-hybridized carbons (Fsp3) is 0.393. The van der Waals surface area contributed by atoms with E-state index in [1.807, 2.05) is 31.6 Å². The zero-order valence-corrected chi connectivity index (χ0v) is 21.3. The summed E-state index contributed by atoms with van der Waals surface area (Å²) in [6.07, 6.45) is 4.45. The number of ether oxygens (including phenoxy) is 2. The first kappa shape index (κ1) is 26.1. The standard InChI is InChI=1S/C28H30F2N4O3/c1-28(2,3)37-27(35)32-19-8-10-20(11-9-19)34-16-21(17-6-12-24(31-4)22(29)14-17)26(33-34)18-7-13-25(36-5)23(30)15-18/h6-7,12-16,19-20H,8-11H2,1-3,5H3,(H,32,35). The van der Waals surface area contributed by atoms with Crippen molar-refractivity contribution in [2.45, 2.75) is 64.1 Å². The number of hydrogen-bond donors (Lipinski definition) is 1. The number of hydrogen-bond acceptors (Lipinski definition) is 4. The van der Waals surface area contributed by atoms with E-state index in [-0.39, 0.29) is 23.5 Å². The van der Waals surface area contributed by atoms with Crippen LogP contribution in [0.15, 0.2) is 42.6 Å². The van der Waals surface area contributed by atoms with Gasteiger partial charge in [-0.2, -0.15) is 5.10 Å². The highest BCUT2D eigenvalue weighted by Crippen LogP contribution is 2.37. The molecule has 1 heterocycles. The Balaban J connectivity index is 1.61. The third-order valence-corrected chi connectivity index (χ3v) is 6.33. The van der Waals surface area contributed by atoms with Gasteiger partial charge in [-0.3, -0.25) is 4.68 Å². The number of carbonyl (C=O) groups is 1. The summed E-state index contributed by atoms with van der Waals surface area (Å²) in [5, 5.41) is 7.74. The maximum Gasteiger partial charge on any atom is 0.407 e. The van der Waals surface area contributed by atoms with Crippen LogP contribution in [0.3, 0.4) is 0 Å². The summed E-state index contributed by atoms with van der Waals surface area (Å²) in [5.74, 6) is -1.03. The second kappa shape index (κ2) is 10.6. The van der Waals surface area contributed by atoms with Crippen molar-refractivity contribution in [2.24, 2.45) is 0 Å². The number of nitrogens with zero attached hydrogens (tertiary/aromatic N) is 3. The average Bonchev–Trinajstić information content (AvgIpc) is 3.28. The van der Waals surface area contributed by atoms with E-state index < -0.39 is 23.3 Å². The molecule has 0 saturated heterocycles. The Hall–Kier alpha value is -3.93. The molecular weight excluding hydrogens is 478 g/mol. The fourth-order valence-corrected chi connectivity index (χ4v) is 4.54. The van der Waals surface area contributed by atoms with Crippen molar-refractivity contribution in [1.82, 2.24) is 15.1 Å². The normalized spacial score (nSPS) is 17.6. The zero-order chi connectivity index (χ0) is 26.7. The van der Waals surface area contributed by atoms with Crippen LogP contribution in [0.2, 0.25) is 0 Å². The van der Waals surface area contributed by atoms with Gasteiger partial charge in [0.2, 0.25) is 5.69 Å². The number of nitrogens with one attached hydrogen (secondary N) is 1. The molecule has 194 valence electrons. The highest BCUT2D eigenvalue weighted by Gasteiger charge is 2.27. The minimum absolute atomic E-state index is 0.00606. The molecule has 1 fully saturated rings. The maximum absolute atomic E-state index is 14.5. The number of aromatic nitrogens is 2. The van der Waals surface area contributed by atoms with E-state index >= 15 is 0 Å². The Kier molecular flexibility index (Phi) is 7.48. The number of halogens is 2. The Morgan fingerprint density at radius 3 is 2.35 bits per heavy atom. The number of amides is 1. The Bertz CT molecular complexity index is 1330. The lowest BCUT2D eigenvalue weighted by Crippen LogP contribution is -2.41. The van der Waals surface area contributed by atoms with Crippen molar-refractivity contribution < 1.29 is 23.0 Å². The van der Waals surface area contributed by atoms with Crippen LogP contribution >= 0.6 is 0 Å². The van der Waals surface area contributed by atoms with Gasteiger partial charge < -0.3 is 14.8 Å².